The molecule has 6 nitrogen and oxygen atoms in total. The SMILES string of the molecule is CCOc1ccc(NC(=O)COC(=O)c2nccc3ccccc23)cc1. The largest absolute Gasteiger partial charge is 0.494 e. The van der Waals surface area contributed by atoms with Gasteiger partial charge in [0.15, 0.2) is 12.3 Å². The summed E-state index contributed by atoms with van der Waals surface area (Å²) in [5.41, 5.74) is 0.787. The first kappa shape index (κ1) is 17.4. The molecular formula is C20H18N2O4. The van der Waals surface area contributed by atoms with E-state index in [9.17, 15) is 9.59 Å². The van der Waals surface area contributed by atoms with Crippen LogP contribution in [0.5, 0.6) is 5.75 Å². The first-order valence-corrected chi connectivity index (χ1v) is 8.21. The van der Waals surface area contributed by atoms with Crippen LogP contribution >= 0.6 is 0 Å². The lowest BCUT2D eigenvalue weighted by Gasteiger charge is -2.08. The second-order valence-electron chi connectivity index (χ2n) is 5.46. The number of amides is 1. The van der Waals surface area contributed by atoms with Crippen LogP contribution in [0, 0.1) is 0 Å². The number of carbonyl (C=O) groups is 2. The number of ether oxygens (including phenoxy) is 2. The molecular weight excluding hydrogens is 332 g/mol. The molecule has 0 bridgehead atoms. The summed E-state index contributed by atoms with van der Waals surface area (Å²) in [5, 5.41) is 4.23. The number of carbonyl (C=O) groups excluding carboxylic acids is 2. The smallest absolute Gasteiger partial charge is 0.358 e. The average molecular weight is 350 g/mol. The van der Waals surface area contributed by atoms with Crippen LogP contribution in [0.15, 0.2) is 60.8 Å². The van der Waals surface area contributed by atoms with Crippen molar-refractivity contribution in [3.63, 3.8) is 0 Å². The van der Waals surface area contributed by atoms with E-state index >= 15 is 0 Å². The van der Waals surface area contributed by atoms with Gasteiger partial charge in [-0.05, 0) is 42.6 Å². The minimum absolute atomic E-state index is 0.192. The maximum absolute atomic E-state index is 12.3. The van der Waals surface area contributed by atoms with Crippen LogP contribution in [0.1, 0.15) is 17.4 Å². The fraction of sp³-hybridized carbons (Fsp3) is 0.150. The maximum Gasteiger partial charge on any atom is 0.358 e. The van der Waals surface area contributed by atoms with E-state index in [-0.39, 0.29) is 5.69 Å². The fourth-order valence-electron chi connectivity index (χ4n) is 2.48. The van der Waals surface area contributed by atoms with E-state index in [1.54, 1.807) is 36.5 Å². The van der Waals surface area contributed by atoms with Crippen LogP contribution in [0.3, 0.4) is 0 Å². The van der Waals surface area contributed by atoms with Crippen molar-refractivity contribution in [3.8, 4) is 5.75 Å². The number of rotatable bonds is 6. The third kappa shape index (κ3) is 4.16. The minimum Gasteiger partial charge on any atom is -0.494 e. The topological polar surface area (TPSA) is 77.5 Å². The predicted molar refractivity (Wildman–Crippen MR) is 98.3 cm³/mol. The Morgan fingerprint density at radius 3 is 2.58 bits per heavy atom. The van der Waals surface area contributed by atoms with Crippen molar-refractivity contribution in [2.75, 3.05) is 18.5 Å². The summed E-state index contributed by atoms with van der Waals surface area (Å²) in [6.45, 7) is 2.08. The van der Waals surface area contributed by atoms with Gasteiger partial charge in [0.05, 0.1) is 6.61 Å². The highest BCUT2D eigenvalue weighted by atomic mass is 16.5. The lowest BCUT2D eigenvalue weighted by Crippen LogP contribution is -2.21. The molecule has 132 valence electrons. The molecule has 1 heterocycles. The monoisotopic (exact) mass is 350 g/mol. The van der Waals surface area contributed by atoms with Crippen molar-refractivity contribution in [3.05, 3.63) is 66.5 Å². The number of pyridine rings is 1. The molecule has 0 saturated heterocycles. The number of benzene rings is 2. The average Bonchev–Trinajstić information content (AvgIpc) is 2.67. The Labute approximate surface area is 150 Å². The molecule has 0 saturated carbocycles. The minimum atomic E-state index is -0.636. The van der Waals surface area contributed by atoms with E-state index in [2.05, 4.69) is 10.3 Å². The molecule has 3 rings (SSSR count). The molecule has 0 radical (unpaired) electrons. The molecule has 1 aromatic heterocycles. The summed E-state index contributed by atoms with van der Waals surface area (Å²) in [4.78, 5) is 28.3. The normalized spacial score (nSPS) is 10.3. The molecule has 6 heteroatoms. The highest BCUT2D eigenvalue weighted by Crippen LogP contribution is 2.17. The third-order valence-electron chi connectivity index (χ3n) is 3.65. The predicted octanol–water partition coefficient (Wildman–Crippen LogP) is 3.43. The summed E-state index contributed by atoms with van der Waals surface area (Å²) in [7, 11) is 0. The summed E-state index contributed by atoms with van der Waals surface area (Å²) in [5.74, 6) is -0.342. The van der Waals surface area contributed by atoms with Gasteiger partial charge >= 0.3 is 5.97 Å². The van der Waals surface area contributed by atoms with Gasteiger partial charge in [-0.3, -0.25) is 4.79 Å². The van der Waals surface area contributed by atoms with Gasteiger partial charge in [-0.1, -0.05) is 24.3 Å². The molecule has 1 N–H and O–H groups in total. The first-order chi connectivity index (χ1) is 12.7. The number of nitrogens with zero attached hydrogens (tertiary/aromatic N) is 1. The second-order valence-corrected chi connectivity index (χ2v) is 5.46. The lowest BCUT2D eigenvalue weighted by atomic mass is 10.1. The molecule has 3 aromatic rings. The van der Waals surface area contributed by atoms with Crippen LogP contribution in [-0.4, -0.2) is 30.1 Å². The van der Waals surface area contributed by atoms with Crippen molar-refractivity contribution in [1.82, 2.24) is 4.98 Å². The number of hydrogen-bond acceptors (Lipinski definition) is 5. The quantitative estimate of drug-likeness (QED) is 0.689. The summed E-state index contributed by atoms with van der Waals surface area (Å²) < 4.78 is 10.4. The summed E-state index contributed by atoms with van der Waals surface area (Å²) in [6.07, 6.45) is 1.54. The van der Waals surface area contributed by atoms with E-state index in [0.29, 0.717) is 17.7 Å². The lowest BCUT2D eigenvalue weighted by molar-refractivity contribution is -0.119. The van der Waals surface area contributed by atoms with Gasteiger partial charge < -0.3 is 14.8 Å². The molecule has 0 unspecified atom stereocenters. The van der Waals surface area contributed by atoms with Gasteiger partial charge in [0.2, 0.25) is 0 Å². The molecule has 0 atom stereocenters. The Morgan fingerprint density at radius 2 is 1.81 bits per heavy atom. The first-order valence-electron chi connectivity index (χ1n) is 8.21. The number of hydrogen-bond donors (Lipinski definition) is 1. The van der Waals surface area contributed by atoms with Crippen LogP contribution in [-0.2, 0) is 9.53 Å². The fourth-order valence-corrected chi connectivity index (χ4v) is 2.48. The molecule has 2 aromatic carbocycles. The van der Waals surface area contributed by atoms with Crippen molar-refractivity contribution < 1.29 is 19.1 Å². The molecule has 0 fully saturated rings. The Hall–Kier alpha value is -3.41. The van der Waals surface area contributed by atoms with Gasteiger partial charge in [-0.25, -0.2) is 9.78 Å². The van der Waals surface area contributed by atoms with Crippen LogP contribution in [0.2, 0.25) is 0 Å². The zero-order valence-corrected chi connectivity index (χ0v) is 14.3. The van der Waals surface area contributed by atoms with E-state index in [4.69, 9.17) is 9.47 Å². The maximum atomic E-state index is 12.3. The third-order valence-corrected chi connectivity index (χ3v) is 3.65. The van der Waals surface area contributed by atoms with E-state index in [0.717, 1.165) is 11.1 Å². The van der Waals surface area contributed by atoms with Gasteiger partial charge in [0.25, 0.3) is 5.91 Å². The van der Waals surface area contributed by atoms with Crippen molar-refractivity contribution in [2.24, 2.45) is 0 Å². The van der Waals surface area contributed by atoms with E-state index < -0.39 is 18.5 Å². The summed E-state index contributed by atoms with van der Waals surface area (Å²) >= 11 is 0. The summed E-state index contributed by atoms with van der Waals surface area (Å²) in [6, 6.07) is 16.1. The van der Waals surface area contributed by atoms with Gasteiger partial charge in [-0.15, -0.1) is 0 Å². The van der Waals surface area contributed by atoms with Crippen molar-refractivity contribution in [2.45, 2.75) is 6.92 Å². The van der Waals surface area contributed by atoms with Crippen LogP contribution in [0.25, 0.3) is 10.8 Å². The van der Waals surface area contributed by atoms with Crippen molar-refractivity contribution in [1.29, 1.82) is 0 Å². The Kier molecular flexibility index (Phi) is 5.43. The molecule has 26 heavy (non-hydrogen) atoms. The molecule has 1 amide bonds. The van der Waals surface area contributed by atoms with Crippen LogP contribution in [0.4, 0.5) is 5.69 Å². The van der Waals surface area contributed by atoms with Crippen LogP contribution < -0.4 is 10.1 Å². The zero-order chi connectivity index (χ0) is 18.4. The Bertz CT molecular complexity index is 917. The van der Waals surface area contributed by atoms with Gasteiger partial charge in [0.1, 0.15) is 5.75 Å². The molecule has 0 aliphatic carbocycles. The number of nitrogens with one attached hydrogen (secondary N) is 1. The molecule has 0 spiro atoms. The highest BCUT2D eigenvalue weighted by Gasteiger charge is 2.14. The van der Waals surface area contributed by atoms with E-state index in [1.807, 2.05) is 31.2 Å². The molecule has 0 aliphatic heterocycles. The van der Waals surface area contributed by atoms with Gasteiger partial charge in [-0.2, -0.15) is 0 Å². The Morgan fingerprint density at radius 1 is 1.04 bits per heavy atom. The highest BCUT2D eigenvalue weighted by molar-refractivity contribution is 6.03. The second kappa shape index (κ2) is 8.11. The zero-order valence-electron chi connectivity index (χ0n) is 14.3. The van der Waals surface area contributed by atoms with Crippen molar-refractivity contribution >= 4 is 28.3 Å². The number of esters is 1. The number of aromatic nitrogens is 1. The molecule has 0 aliphatic rings. The van der Waals surface area contributed by atoms with Gasteiger partial charge in [0, 0.05) is 17.3 Å². The van der Waals surface area contributed by atoms with E-state index in [1.165, 1.54) is 0 Å². The standard InChI is InChI=1S/C20H18N2O4/c1-2-25-16-9-7-15(8-10-16)22-18(23)13-26-20(24)19-17-6-4-3-5-14(17)11-12-21-19/h3-12H,2,13H2,1H3,(H,22,23). The number of anilines is 1. The Balaban J connectivity index is 1.59. The number of fused-ring (bicyclic) bond motifs is 1.